The van der Waals surface area contributed by atoms with Crippen molar-refractivity contribution in [2.75, 3.05) is 0 Å². The molecule has 0 radical (unpaired) electrons. The van der Waals surface area contributed by atoms with E-state index in [0.29, 0.717) is 0 Å². The van der Waals surface area contributed by atoms with Crippen LogP contribution >= 0.6 is 19.4 Å². The van der Waals surface area contributed by atoms with E-state index in [1.54, 1.807) is 0 Å². The van der Waals surface area contributed by atoms with Gasteiger partial charge in [0.2, 0.25) is 0 Å². The van der Waals surface area contributed by atoms with E-state index in [9.17, 15) is 0 Å². The summed E-state index contributed by atoms with van der Waals surface area (Å²) in [4.78, 5) is 0. The Morgan fingerprint density at radius 2 is 1.56 bits per heavy atom. The Hall–Kier alpha value is 0.423. The van der Waals surface area contributed by atoms with E-state index in [4.69, 9.17) is 19.4 Å². The summed E-state index contributed by atoms with van der Waals surface area (Å²) in [5.74, 6) is 0. The molecule has 0 heterocycles. The van der Waals surface area contributed by atoms with Crippen molar-refractivity contribution < 1.29 is 14.0 Å². The van der Waals surface area contributed by atoms with Crippen molar-refractivity contribution in [1.82, 2.24) is 0 Å². The summed E-state index contributed by atoms with van der Waals surface area (Å²) in [6.45, 7) is 0. The molecule has 3 heteroatoms. The Bertz CT molecular complexity index is 174. The molecule has 1 aromatic carbocycles. The summed E-state index contributed by atoms with van der Waals surface area (Å²) in [7, 11) is 11.4. The van der Waals surface area contributed by atoms with Crippen LogP contribution in [0.1, 0.15) is 0 Å². The fraction of sp³-hybridized carbons (Fsp3) is 0. The fourth-order valence-corrected chi connectivity index (χ4v) is 2.33. The van der Waals surface area contributed by atoms with Crippen LogP contribution in [0, 0.1) is 0 Å². The molecule has 0 bridgehead atoms. The Morgan fingerprint density at radius 1 is 1.00 bits per heavy atom. The number of rotatable bonds is 1. The quantitative estimate of drug-likeness (QED) is 0.669. The van der Waals surface area contributed by atoms with Crippen molar-refractivity contribution in [1.29, 1.82) is 0 Å². The summed E-state index contributed by atoms with van der Waals surface area (Å²) in [5, 5.41) is 0. The van der Waals surface area contributed by atoms with Crippen molar-refractivity contribution in [2.24, 2.45) is 0 Å². The Labute approximate surface area is 67.8 Å². The van der Waals surface area contributed by atoms with Gasteiger partial charge in [-0.25, -0.2) is 0 Å². The van der Waals surface area contributed by atoms with Crippen LogP contribution in [0.3, 0.4) is 0 Å². The van der Waals surface area contributed by atoms with Crippen molar-refractivity contribution >= 4 is 23.5 Å². The maximum absolute atomic E-state index is 5.71. The molecule has 52 valence electrons. The van der Waals surface area contributed by atoms with Gasteiger partial charge in [0.15, 0.2) is 0 Å². The standard InChI is InChI=1S/C6H5.2ClH.Ru/c1-2-4-6-5-3-1;;;/h1-5H;2*1H;/q;;;+1/p-2. The van der Waals surface area contributed by atoms with Gasteiger partial charge in [-0.05, 0) is 0 Å². The average Bonchev–Trinajstić information content (AvgIpc) is 1.90. The third-order valence-corrected chi connectivity index (χ3v) is 4.04. The molecule has 0 fully saturated rings. The van der Waals surface area contributed by atoms with Gasteiger partial charge in [0.05, 0.1) is 0 Å². The predicted molar refractivity (Wildman–Crippen MR) is 37.8 cm³/mol. The van der Waals surface area contributed by atoms with E-state index < -0.39 is 14.0 Å². The summed E-state index contributed by atoms with van der Waals surface area (Å²) in [5.41, 5.74) is 0. The summed E-state index contributed by atoms with van der Waals surface area (Å²) < 4.78 is 1.09. The molecule has 1 aromatic rings. The van der Waals surface area contributed by atoms with Crippen LogP contribution in [0.4, 0.5) is 0 Å². The molecular weight excluding hydrogens is 244 g/mol. The zero-order valence-corrected chi connectivity index (χ0v) is 7.75. The maximum atomic E-state index is 5.71. The zero-order valence-electron chi connectivity index (χ0n) is 4.50. The van der Waals surface area contributed by atoms with Crippen molar-refractivity contribution in [3.63, 3.8) is 0 Å². The molecule has 0 saturated heterocycles. The molecule has 0 amide bonds. The molecule has 0 aliphatic heterocycles. The van der Waals surface area contributed by atoms with Gasteiger partial charge in [-0.3, -0.25) is 0 Å². The molecule has 0 nitrogen and oxygen atoms in total. The first-order chi connectivity index (χ1) is 4.30. The van der Waals surface area contributed by atoms with E-state index in [0.717, 1.165) is 4.16 Å². The molecule has 9 heavy (non-hydrogen) atoms. The summed E-state index contributed by atoms with van der Waals surface area (Å²) in [6, 6.07) is 9.76. The van der Waals surface area contributed by atoms with Crippen molar-refractivity contribution in [3.8, 4) is 0 Å². The summed E-state index contributed by atoms with van der Waals surface area (Å²) in [6.07, 6.45) is 0. The normalized spacial score (nSPS) is 11.1. The molecule has 0 unspecified atom stereocenters. The molecule has 0 saturated carbocycles. The van der Waals surface area contributed by atoms with Crippen LogP contribution in [0.5, 0.6) is 0 Å². The van der Waals surface area contributed by atoms with Crippen molar-refractivity contribution in [2.45, 2.75) is 0 Å². The summed E-state index contributed by atoms with van der Waals surface area (Å²) >= 11 is -1.62. The van der Waals surface area contributed by atoms with Crippen LogP contribution < -0.4 is 4.16 Å². The van der Waals surface area contributed by atoms with Crippen LogP contribution in [-0.2, 0) is 14.0 Å². The molecule has 1 rings (SSSR count). The third-order valence-electron chi connectivity index (χ3n) is 0.879. The van der Waals surface area contributed by atoms with E-state index in [1.165, 1.54) is 0 Å². The number of hydrogen-bond donors (Lipinski definition) is 0. The van der Waals surface area contributed by atoms with Gasteiger partial charge in [0.1, 0.15) is 0 Å². The van der Waals surface area contributed by atoms with Gasteiger partial charge < -0.3 is 0 Å². The minimum atomic E-state index is -1.62. The third kappa shape index (κ3) is 2.25. The van der Waals surface area contributed by atoms with Gasteiger partial charge in [-0.1, -0.05) is 0 Å². The second kappa shape index (κ2) is 3.56. The molecule has 0 aliphatic carbocycles. The molecule has 0 aromatic heterocycles. The Kier molecular flexibility index (Phi) is 2.98. The first-order valence-electron chi connectivity index (χ1n) is 2.35. The van der Waals surface area contributed by atoms with Gasteiger partial charge in [0, 0.05) is 0 Å². The average molecular weight is 249 g/mol. The molecule has 0 atom stereocenters. The Morgan fingerprint density at radius 3 is 1.89 bits per heavy atom. The number of halogens is 2. The van der Waals surface area contributed by atoms with Gasteiger partial charge in [-0.2, -0.15) is 0 Å². The van der Waals surface area contributed by atoms with Crippen molar-refractivity contribution in [3.05, 3.63) is 30.3 Å². The van der Waals surface area contributed by atoms with Gasteiger partial charge >= 0.3 is 67.8 Å². The fourth-order valence-electron chi connectivity index (χ4n) is 0.499. The van der Waals surface area contributed by atoms with Gasteiger partial charge in [-0.15, -0.1) is 0 Å². The van der Waals surface area contributed by atoms with Crippen LogP contribution in [0.15, 0.2) is 30.3 Å². The van der Waals surface area contributed by atoms with E-state index in [-0.39, 0.29) is 0 Å². The second-order valence-electron chi connectivity index (χ2n) is 1.47. The number of hydrogen-bond acceptors (Lipinski definition) is 0. The van der Waals surface area contributed by atoms with E-state index in [1.807, 2.05) is 30.3 Å². The number of benzene rings is 1. The predicted octanol–water partition coefficient (Wildman–Crippen LogP) is 2.24. The van der Waals surface area contributed by atoms with Crippen LogP contribution in [0.25, 0.3) is 0 Å². The van der Waals surface area contributed by atoms with Crippen LogP contribution in [0.2, 0.25) is 0 Å². The van der Waals surface area contributed by atoms with E-state index >= 15 is 0 Å². The monoisotopic (exact) mass is 249 g/mol. The first-order valence-corrected chi connectivity index (χ1v) is 7.70. The topological polar surface area (TPSA) is 0 Å². The van der Waals surface area contributed by atoms with E-state index in [2.05, 4.69) is 0 Å². The molecular formula is C6H5Cl2Ru-. The molecule has 0 N–H and O–H groups in total. The zero-order chi connectivity index (χ0) is 6.69. The Balaban J connectivity index is 2.85. The molecule has 0 aliphatic rings. The van der Waals surface area contributed by atoms with Crippen LogP contribution in [-0.4, -0.2) is 0 Å². The van der Waals surface area contributed by atoms with Gasteiger partial charge in [0.25, 0.3) is 0 Å². The molecule has 0 spiro atoms. The minimum absolute atomic E-state index is 1.09. The first kappa shape index (κ1) is 7.53. The SMILES string of the molecule is [Cl][Ru-]([Cl])[c]1ccccc1. The second-order valence-corrected chi connectivity index (χ2v) is 7.35.